The molecule has 6 heteroatoms. The lowest BCUT2D eigenvalue weighted by molar-refractivity contribution is -0.120. The quantitative estimate of drug-likeness (QED) is 0.572. The van der Waals surface area contributed by atoms with Crippen molar-refractivity contribution >= 4 is 35.4 Å². The van der Waals surface area contributed by atoms with Crippen molar-refractivity contribution in [3.8, 4) is 0 Å². The number of Topliss-reactive ketones (excluding diaryl/α,β-unsaturated/α-hetero) is 1. The minimum absolute atomic E-state index is 0.0491. The SMILES string of the molecule is Cc1cc(Cl)c(C(=O)CN(C=O)CC2CCC(C)(C)O2)c(Cl)c1. The van der Waals surface area contributed by atoms with Gasteiger partial charge in [0, 0.05) is 6.54 Å². The van der Waals surface area contributed by atoms with Crippen molar-refractivity contribution in [3.63, 3.8) is 0 Å². The van der Waals surface area contributed by atoms with Gasteiger partial charge in [-0.25, -0.2) is 0 Å². The van der Waals surface area contributed by atoms with E-state index in [1.54, 1.807) is 12.1 Å². The number of rotatable bonds is 6. The van der Waals surface area contributed by atoms with Gasteiger partial charge in [-0.05, 0) is 51.3 Å². The molecule has 2 rings (SSSR count). The van der Waals surface area contributed by atoms with Crippen LogP contribution in [0.1, 0.15) is 42.6 Å². The minimum Gasteiger partial charge on any atom is -0.371 e. The molecule has 0 aromatic heterocycles. The lowest BCUT2D eigenvalue weighted by Gasteiger charge is -2.23. The van der Waals surface area contributed by atoms with Crippen LogP contribution >= 0.6 is 23.2 Å². The fraction of sp³-hybridized carbons (Fsp3) is 0.529. The van der Waals surface area contributed by atoms with E-state index < -0.39 is 0 Å². The summed E-state index contributed by atoms with van der Waals surface area (Å²) in [5.74, 6) is -0.274. The van der Waals surface area contributed by atoms with Crippen LogP contribution in [0.5, 0.6) is 0 Å². The van der Waals surface area contributed by atoms with Gasteiger partial charge in [-0.15, -0.1) is 0 Å². The first kappa shape index (κ1) is 18.2. The average Bonchev–Trinajstić information content (AvgIpc) is 2.75. The van der Waals surface area contributed by atoms with E-state index in [0.717, 1.165) is 18.4 Å². The molecule has 1 heterocycles. The molecule has 0 bridgehead atoms. The first-order valence-electron chi connectivity index (χ1n) is 7.58. The number of hydrogen-bond acceptors (Lipinski definition) is 3. The molecular formula is C17H21Cl2NO3. The Kier molecular flexibility index (Phi) is 5.71. The highest BCUT2D eigenvalue weighted by Gasteiger charge is 2.32. The predicted octanol–water partition coefficient (Wildman–Crippen LogP) is 3.90. The monoisotopic (exact) mass is 357 g/mol. The Bertz CT molecular complexity index is 593. The van der Waals surface area contributed by atoms with Crippen LogP contribution in [-0.2, 0) is 9.53 Å². The first-order chi connectivity index (χ1) is 10.7. The fourth-order valence-corrected chi connectivity index (χ4v) is 3.65. The van der Waals surface area contributed by atoms with E-state index in [1.165, 1.54) is 4.90 Å². The maximum absolute atomic E-state index is 12.5. The lowest BCUT2D eigenvalue weighted by Crippen LogP contribution is -2.36. The molecule has 1 aliphatic heterocycles. The topological polar surface area (TPSA) is 46.6 Å². The Hall–Kier alpha value is -1.10. The normalized spacial score (nSPS) is 19.6. The zero-order valence-electron chi connectivity index (χ0n) is 13.6. The highest BCUT2D eigenvalue weighted by Crippen LogP contribution is 2.30. The van der Waals surface area contributed by atoms with E-state index in [0.29, 0.717) is 23.0 Å². The summed E-state index contributed by atoms with van der Waals surface area (Å²) in [6.45, 7) is 6.22. The van der Waals surface area contributed by atoms with Crippen LogP contribution in [-0.4, -0.2) is 41.9 Å². The predicted molar refractivity (Wildman–Crippen MR) is 91.4 cm³/mol. The van der Waals surface area contributed by atoms with Crippen molar-refractivity contribution in [2.24, 2.45) is 0 Å². The minimum atomic E-state index is -0.274. The number of benzene rings is 1. The van der Waals surface area contributed by atoms with Gasteiger partial charge in [0.1, 0.15) is 0 Å². The lowest BCUT2D eigenvalue weighted by atomic mass is 10.1. The summed E-state index contributed by atoms with van der Waals surface area (Å²) in [5, 5.41) is 0.619. The van der Waals surface area contributed by atoms with Gasteiger partial charge in [-0.3, -0.25) is 9.59 Å². The van der Waals surface area contributed by atoms with Gasteiger partial charge >= 0.3 is 0 Å². The van der Waals surface area contributed by atoms with E-state index in [4.69, 9.17) is 27.9 Å². The van der Waals surface area contributed by atoms with Gasteiger partial charge in [0.05, 0.1) is 33.9 Å². The van der Waals surface area contributed by atoms with Gasteiger partial charge in [0.15, 0.2) is 5.78 Å². The fourth-order valence-electron chi connectivity index (χ4n) is 2.84. The van der Waals surface area contributed by atoms with Crippen LogP contribution in [0.25, 0.3) is 0 Å². The van der Waals surface area contributed by atoms with Crippen molar-refractivity contribution < 1.29 is 14.3 Å². The third kappa shape index (κ3) is 4.69. The Morgan fingerprint density at radius 1 is 1.39 bits per heavy atom. The third-order valence-corrected chi connectivity index (χ3v) is 4.55. The number of ether oxygens (including phenoxy) is 1. The number of nitrogens with zero attached hydrogens (tertiary/aromatic N) is 1. The molecule has 1 saturated heterocycles. The molecule has 1 aromatic rings. The van der Waals surface area contributed by atoms with Crippen molar-refractivity contribution in [3.05, 3.63) is 33.3 Å². The highest BCUT2D eigenvalue weighted by molar-refractivity contribution is 6.40. The standard InChI is InChI=1S/C17H21Cl2NO3/c1-11-6-13(18)16(14(19)7-11)15(22)9-20(10-21)8-12-4-5-17(2,3)23-12/h6-7,10,12H,4-5,8-9H2,1-3H3. The molecule has 23 heavy (non-hydrogen) atoms. The third-order valence-electron chi connectivity index (χ3n) is 3.95. The Morgan fingerprint density at radius 2 is 2.00 bits per heavy atom. The van der Waals surface area contributed by atoms with E-state index in [-0.39, 0.29) is 29.6 Å². The molecule has 1 aromatic carbocycles. The van der Waals surface area contributed by atoms with Gasteiger partial charge in [-0.2, -0.15) is 0 Å². The highest BCUT2D eigenvalue weighted by atomic mass is 35.5. The molecule has 0 spiro atoms. The Labute approximate surface area is 146 Å². The van der Waals surface area contributed by atoms with Crippen LogP contribution in [0.2, 0.25) is 10.0 Å². The second-order valence-corrected chi connectivity index (χ2v) is 7.41. The van der Waals surface area contributed by atoms with Crippen LogP contribution < -0.4 is 0 Å². The Balaban J connectivity index is 2.05. The van der Waals surface area contributed by atoms with Crippen LogP contribution in [0.4, 0.5) is 0 Å². The van der Waals surface area contributed by atoms with Crippen molar-refractivity contribution in [1.82, 2.24) is 4.90 Å². The number of hydrogen-bond donors (Lipinski definition) is 0. The van der Waals surface area contributed by atoms with Crippen molar-refractivity contribution in [2.75, 3.05) is 13.1 Å². The number of amides is 1. The van der Waals surface area contributed by atoms with Crippen molar-refractivity contribution in [1.29, 1.82) is 0 Å². The zero-order chi connectivity index (χ0) is 17.2. The van der Waals surface area contributed by atoms with Crippen molar-refractivity contribution in [2.45, 2.75) is 45.3 Å². The molecule has 1 amide bonds. The smallest absolute Gasteiger partial charge is 0.210 e. The molecule has 1 fully saturated rings. The van der Waals surface area contributed by atoms with Crippen LogP contribution in [0.3, 0.4) is 0 Å². The summed E-state index contributed by atoms with van der Waals surface area (Å²) in [6.07, 6.45) is 2.43. The Morgan fingerprint density at radius 3 is 2.48 bits per heavy atom. The summed E-state index contributed by atoms with van der Waals surface area (Å²) < 4.78 is 5.87. The summed E-state index contributed by atoms with van der Waals surface area (Å²) in [7, 11) is 0. The van der Waals surface area contributed by atoms with E-state index in [9.17, 15) is 9.59 Å². The molecule has 4 nitrogen and oxygen atoms in total. The molecule has 0 saturated carbocycles. The molecule has 0 aliphatic carbocycles. The number of aryl methyl sites for hydroxylation is 1. The zero-order valence-corrected chi connectivity index (χ0v) is 15.1. The van der Waals surface area contributed by atoms with Crippen LogP contribution in [0, 0.1) is 6.92 Å². The summed E-state index contributed by atoms with van der Waals surface area (Å²) in [6, 6.07) is 3.38. The molecule has 1 atom stereocenters. The number of ketones is 1. The first-order valence-corrected chi connectivity index (χ1v) is 8.33. The number of halogens is 2. The maximum atomic E-state index is 12.5. The largest absolute Gasteiger partial charge is 0.371 e. The van der Waals surface area contributed by atoms with Gasteiger partial charge < -0.3 is 9.64 Å². The van der Waals surface area contributed by atoms with Gasteiger partial charge in [0.2, 0.25) is 6.41 Å². The van der Waals surface area contributed by atoms with E-state index >= 15 is 0 Å². The van der Waals surface area contributed by atoms with E-state index in [1.807, 2.05) is 20.8 Å². The molecule has 1 unspecified atom stereocenters. The summed E-state index contributed by atoms with van der Waals surface area (Å²) in [4.78, 5) is 25.2. The summed E-state index contributed by atoms with van der Waals surface area (Å²) >= 11 is 12.3. The summed E-state index contributed by atoms with van der Waals surface area (Å²) in [5.41, 5.74) is 0.969. The van der Waals surface area contributed by atoms with Crippen LogP contribution in [0.15, 0.2) is 12.1 Å². The molecule has 1 aliphatic rings. The van der Waals surface area contributed by atoms with Gasteiger partial charge in [-0.1, -0.05) is 23.2 Å². The van der Waals surface area contributed by atoms with E-state index in [2.05, 4.69) is 0 Å². The number of carbonyl (C=O) groups is 2. The number of carbonyl (C=O) groups excluding carboxylic acids is 2. The molecular weight excluding hydrogens is 337 g/mol. The van der Waals surface area contributed by atoms with Gasteiger partial charge in [0.25, 0.3) is 0 Å². The second-order valence-electron chi connectivity index (χ2n) is 6.60. The molecule has 126 valence electrons. The maximum Gasteiger partial charge on any atom is 0.210 e. The molecule has 0 N–H and O–H groups in total. The second kappa shape index (κ2) is 7.20. The molecule has 0 radical (unpaired) electrons. The average molecular weight is 358 g/mol.